The normalized spacial score (nSPS) is 37.2. The number of nitrogens with zero attached hydrogens (tertiary/aromatic N) is 1. The topological polar surface area (TPSA) is 20.3 Å². The Morgan fingerprint density at radius 3 is 3.10 bits per heavy atom. The minimum absolute atomic E-state index is 0.307. The fraction of sp³-hybridized carbons (Fsp3) is 0.571. The molecule has 2 aliphatic heterocycles. The van der Waals surface area contributed by atoms with Gasteiger partial charge in [0.15, 0.2) is 0 Å². The highest BCUT2D eigenvalue weighted by Gasteiger charge is 2.43. The molecule has 2 saturated heterocycles. The van der Waals surface area contributed by atoms with Gasteiger partial charge in [-0.05, 0) is 0 Å². The third-order valence-electron chi connectivity index (χ3n) is 1.99. The van der Waals surface area contributed by atoms with Crippen LogP contribution in [0.3, 0.4) is 0 Å². The summed E-state index contributed by atoms with van der Waals surface area (Å²) < 4.78 is 0. The lowest BCUT2D eigenvalue weighted by Crippen LogP contribution is -2.47. The smallest absolute Gasteiger partial charge is 0.226 e. The van der Waals surface area contributed by atoms with E-state index in [0.717, 1.165) is 13.0 Å². The molecule has 2 heterocycles. The molecule has 0 spiro atoms. The van der Waals surface area contributed by atoms with Crippen molar-refractivity contribution in [1.82, 2.24) is 4.90 Å². The Hall–Kier alpha value is -0.440. The molecule has 2 unspecified atom stereocenters. The molecule has 10 heavy (non-hydrogen) atoms. The average molecular weight is 155 g/mol. The maximum Gasteiger partial charge on any atom is 0.226 e. The summed E-state index contributed by atoms with van der Waals surface area (Å²) in [6, 6.07) is 0. The van der Waals surface area contributed by atoms with Gasteiger partial charge in [-0.25, -0.2) is 0 Å². The van der Waals surface area contributed by atoms with Crippen molar-refractivity contribution < 1.29 is 4.79 Å². The predicted octanol–water partition coefficient (Wildman–Crippen LogP) is 0.846. The number of fused-ring (bicyclic) bond motifs is 1. The summed E-state index contributed by atoms with van der Waals surface area (Å²) in [5.41, 5.74) is 0. The van der Waals surface area contributed by atoms with E-state index in [1.807, 2.05) is 22.7 Å². The van der Waals surface area contributed by atoms with Gasteiger partial charge in [-0.1, -0.05) is 6.08 Å². The maximum atomic E-state index is 10.9. The largest absolute Gasteiger partial charge is 0.329 e. The van der Waals surface area contributed by atoms with E-state index < -0.39 is 0 Å². The number of carbonyl (C=O) groups is 1. The molecule has 0 saturated carbocycles. The number of carbonyl (C=O) groups excluding carboxylic acids is 1. The van der Waals surface area contributed by atoms with E-state index >= 15 is 0 Å². The van der Waals surface area contributed by atoms with E-state index in [1.165, 1.54) is 0 Å². The minimum atomic E-state index is 0.307. The van der Waals surface area contributed by atoms with Crippen molar-refractivity contribution in [3.8, 4) is 0 Å². The Kier molecular flexibility index (Phi) is 1.27. The van der Waals surface area contributed by atoms with Crippen molar-refractivity contribution >= 4 is 17.7 Å². The summed E-state index contributed by atoms with van der Waals surface area (Å²) in [5.74, 6) is 0.307. The zero-order valence-electron chi connectivity index (χ0n) is 5.62. The summed E-state index contributed by atoms with van der Waals surface area (Å²) in [5, 5.41) is 0.965. The average Bonchev–Trinajstić information content (AvgIpc) is 2.26. The highest BCUT2D eigenvalue weighted by Crippen LogP contribution is 2.39. The van der Waals surface area contributed by atoms with Gasteiger partial charge < -0.3 is 4.90 Å². The van der Waals surface area contributed by atoms with E-state index in [-0.39, 0.29) is 0 Å². The number of amides is 1. The number of thioether (sulfide) groups is 1. The SMILES string of the molecule is C=CC1CN2C(=O)CC2S1. The second-order valence-electron chi connectivity index (χ2n) is 2.62. The van der Waals surface area contributed by atoms with Crippen molar-refractivity contribution in [1.29, 1.82) is 0 Å². The Labute approximate surface area is 64.3 Å². The first kappa shape index (κ1) is 6.28. The molecule has 2 atom stereocenters. The van der Waals surface area contributed by atoms with Gasteiger partial charge in [0, 0.05) is 11.8 Å². The monoisotopic (exact) mass is 155 g/mol. The molecule has 1 amide bonds. The lowest BCUT2D eigenvalue weighted by molar-refractivity contribution is -0.140. The van der Waals surface area contributed by atoms with Crippen molar-refractivity contribution in [3.63, 3.8) is 0 Å². The fourth-order valence-corrected chi connectivity index (χ4v) is 2.69. The first-order valence-electron chi connectivity index (χ1n) is 3.39. The van der Waals surface area contributed by atoms with Crippen molar-refractivity contribution in [2.45, 2.75) is 17.0 Å². The fourth-order valence-electron chi connectivity index (χ4n) is 1.33. The van der Waals surface area contributed by atoms with Crippen LogP contribution < -0.4 is 0 Å². The third-order valence-corrected chi connectivity index (χ3v) is 3.42. The summed E-state index contributed by atoms with van der Waals surface area (Å²) >= 11 is 1.85. The Morgan fingerprint density at radius 2 is 2.60 bits per heavy atom. The minimum Gasteiger partial charge on any atom is -0.329 e. The molecule has 0 aromatic rings. The Bertz CT molecular complexity index is 192. The summed E-state index contributed by atoms with van der Waals surface area (Å²) in [4.78, 5) is 12.8. The molecule has 2 rings (SSSR count). The first-order chi connectivity index (χ1) is 4.81. The van der Waals surface area contributed by atoms with Crippen LogP contribution in [-0.4, -0.2) is 28.0 Å². The van der Waals surface area contributed by atoms with E-state index in [9.17, 15) is 4.79 Å². The molecule has 0 aliphatic carbocycles. The predicted molar refractivity (Wildman–Crippen MR) is 41.7 cm³/mol. The highest BCUT2D eigenvalue weighted by molar-refractivity contribution is 8.01. The van der Waals surface area contributed by atoms with Gasteiger partial charge in [0.2, 0.25) is 5.91 Å². The van der Waals surface area contributed by atoms with Crippen LogP contribution in [0.1, 0.15) is 6.42 Å². The van der Waals surface area contributed by atoms with Crippen LogP contribution in [0.4, 0.5) is 0 Å². The summed E-state index contributed by atoms with van der Waals surface area (Å²) in [6.45, 7) is 4.59. The molecule has 2 fully saturated rings. The van der Waals surface area contributed by atoms with Crippen molar-refractivity contribution in [3.05, 3.63) is 12.7 Å². The third kappa shape index (κ3) is 0.700. The standard InChI is InChI=1S/C7H9NOS/c1-2-5-4-8-6(9)3-7(8)10-5/h2,5,7H,1,3-4H2. The number of β-lactam (4-membered cyclic amide) rings is 1. The van der Waals surface area contributed by atoms with Crippen LogP contribution >= 0.6 is 11.8 Å². The van der Waals surface area contributed by atoms with Gasteiger partial charge in [0.05, 0.1) is 11.8 Å². The van der Waals surface area contributed by atoms with Gasteiger partial charge in [-0.2, -0.15) is 0 Å². The van der Waals surface area contributed by atoms with Crippen LogP contribution in [0.2, 0.25) is 0 Å². The Morgan fingerprint density at radius 1 is 1.80 bits per heavy atom. The van der Waals surface area contributed by atoms with Crippen molar-refractivity contribution in [2.75, 3.05) is 6.54 Å². The van der Waals surface area contributed by atoms with E-state index in [1.54, 1.807) is 0 Å². The quantitative estimate of drug-likeness (QED) is 0.413. The van der Waals surface area contributed by atoms with Gasteiger partial charge in [-0.3, -0.25) is 4.79 Å². The zero-order valence-corrected chi connectivity index (χ0v) is 6.43. The second kappa shape index (κ2) is 2.02. The number of rotatable bonds is 1. The van der Waals surface area contributed by atoms with E-state index in [4.69, 9.17) is 0 Å². The summed E-state index contributed by atoms with van der Waals surface area (Å²) in [6.07, 6.45) is 2.67. The van der Waals surface area contributed by atoms with Crippen molar-refractivity contribution in [2.24, 2.45) is 0 Å². The number of hydrogen-bond donors (Lipinski definition) is 0. The van der Waals surface area contributed by atoms with Crippen LogP contribution in [0.25, 0.3) is 0 Å². The molecule has 2 aliphatic rings. The molecular weight excluding hydrogens is 146 g/mol. The lowest BCUT2D eigenvalue weighted by atomic mass is 10.2. The Balaban J connectivity index is 2.05. The highest BCUT2D eigenvalue weighted by atomic mass is 32.2. The molecule has 0 bridgehead atoms. The van der Waals surface area contributed by atoms with Crippen LogP contribution in [0.15, 0.2) is 12.7 Å². The van der Waals surface area contributed by atoms with Gasteiger partial charge in [-0.15, -0.1) is 18.3 Å². The lowest BCUT2D eigenvalue weighted by Gasteiger charge is -2.32. The number of hydrogen-bond acceptors (Lipinski definition) is 2. The van der Waals surface area contributed by atoms with E-state index in [2.05, 4.69) is 6.58 Å². The van der Waals surface area contributed by atoms with Crippen LogP contribution in [-0.2, 0) is 4.79 Å². The molecular formula is C7H9NOS. The molecule has 3 heteroatoms. The van der Waals surface area contributed by atoms with E-state index in [0.29, 0.717) is 16.5 Å². The maximum absolute atomic E-state index is 10.9. The van der Waals surface area contributed by atoms with Gasteiger partial charge >= 0.3 is 0 Å². The second-order valence-corrected chi connectivity index (χ2v) is 4.04. The molecule has 0 radical (unpaired) electrons. The molecule has 0 aromatic carbocycles. The molecule has 0 N–H and O–H groups in total. The van der Waals surface area contributed by atoms with Gasteiger partial charge in [0.25, 0.3) is 0 Å². The van der Waals surface area contributed by atoms with Gasteiger partial charge in [0.1, 0.15) is 0 Å². The first-order valence-corrected chi connectivity index (χ1v) is 4.33. The van der Waals surface area contributed by atoms with Crippen LogP contribution in [0.5, 0.6) is 0 Å². The van der Waals surface area contributed by atoms with Crippen LogP contribution in [0, 0.1) is 0 Å². The molecule has 0 aromatic heterocycles. The summed E-state index contributed by atoms with van der Waals surface area (Å²) in [7, 11) is 0. The molecule has 2 nitrogen and oxygen atoms in total. The zero-order chi connectivity index (χ0) is 7.14. The molecule has 54 valence electrons.